The predicted molar refractivity (Wildman–Crippen MR) is 224 cm³/mol. The van der Waals surface area contributed by atoms with Gasteiger partial charge in [0.05, 0.1) is 33.7 Å². The van der Waals surface area contributed by atoms with Crippen LogP contribution in [0.1, 0.15) is 70.8 Å². The van der Waals surface area contributed by atoms with Gasteiger partial charge in [-0.3, -0.25) is 9.88 Å². The molecule has 2 saturated carbocycles. The fraction of sp³-hybridized carbons (Fsp3) is 0.512. The number of pyridine rings is 1. The summed E-state index contributed by atoms with van der Waals surface area (Å²) in [5, 5.41) is 8.55. The molecule has 2 saturated heterocycles. The Kier molecular flexibility index (Phi) is 10.5. The van der Waals surface area contributed by atoms with Crippen molar-refractivity contribution in [3.8, 4) is 5.75 Å². The van der Waals surface area contributed by atoms with Gasteiger partial charge in [-0.15, -0.1) is 0 Å². The second-order valence-corrected chi connectivity index (χ2v) is 20.8. The maximum atomic E-state index is 13.6. The highest BCUT2D eigenvalue weighted by Gasteiger charge is 2.35. The number of ether oxygens (including phenoxy) is 2. The number of halogens is 1. The topological polar surface area (TPSA) is 125 Å². The van der Waals surface area contributed by atoms with E-state index in [0.717, 1.165) is 79.5 Å². The van der Waals surface area contributed by atoms with Crippen molar-refractivity contribution >= 4 is 74.2 Å². The molecule has 2 aliphatic heterocycles. The number of para-hydroxylation sites is 1. The fourth-order valence-electron chi connectivity index (χ4n) is 7.77. The second kappa shape index (κ2) is 15.2. The van der Waals surface area contributed by atoms with Crippen LogP contribution in [0.2, 0.25) is 0 Å². The van der Waals surface area contributed by atoms with Crippen LogP contribution in [0.4, 0.5) is 33.6 Å². The molecule has 12 nitrogen and oxygen atoms in total. The normalized spacial score (nSPS) is 18.7. The van der Waals surface area contributed by atoms with Crippen molar-refractivity contribution in [3.63, 3.8) is 0 Å². The number of nitrogens with one attached hydrogen (secondary N) is 2. The van der Waals surface area contributed by atoms with E-state index in [1.165, 1.54) is 24.1 Å². The van der Waals surface area contributed by atoms with Crippen molar-refractivity contribution in [1.29, 1.82) is 0 Å². The molecule has 4 heterocycles. The summed E-state index contributed by atoms with van der Waals surface area (Å²) in [7, 11) is -2.70. The fourth-order valence-corrected chi connectivity index (χ4v) is 9.52. The van der Waals surface area contributed by atoms with Gasteiger partial charge in [0.15, 0.2) is 0 Å². The molecule has 0 radical (unpaired) electrons. The first kappa shape index (κ1) is 38.0. The van der Waals surface area contributed by atoms with Crippen LogP contribution >= 0.6 is 23.1 Å². The highest BCUT2D eigenvalue weighted by molar-refractivity contribution is 9.10. The number of piperazine rings is 1. The molecular weight excluding hydrogens is 779 g/mol. The lowest BCUT2D eigenvalue weighted by Crippen LogP contribution is -2.55. The Morgan fingerprint density at radius 3 is 2.29 bits per heavy atom. The molecule has 1 amide bonds. The number of hydrogen-bond donors (Lipinski definition) is 2. The lowest BCUT2D eigenvalue weighted by atomic mass is 9.99. The second-order valence-electron chi connectivity index (χ2n) is 16.7. The van der Waals surface area contributed by atoms with Crippen molar-refractivity contribution in [3.05, 3.63) is 58.8 Å². The molecule has 55 heavy (non-hydrogen) atoms. The van der Waals surface area contributed by atoms with Crippen LogP contribution in [0.25, 0.3) is 10.9 Å². The van der Waals surface area contributed by atoms with Gasteiger partial charge in [-0.25, -0.2) is 9.78 Å². The van der Waals surface area contributed by atoms with Crippen LogP contribution in [0.15, 0.2) is 53.3 Å². The molecule has 8 rings (SSSR count). The van der Waals surface area contributed by atoms with Crippen molar-refractivity contribution in [2.75, 3.05) is 68.1 Å². The number of carbonyl (C=O) groups is 1. The minimum absolute atomic E-state index is 0.210. The molecule has 4 aliphatic rings. The molecule has 2 aromatic carbocycles. The Labute approximate surface area is 332 Å². The van der Waals surface area contributed by atoms with Gasteiger partial charge in [0.25, 0.3) is 0 Å². The molecule has 0 spiro atoms. The lowest BCUT2D eigenvalue weighted by Gasteiger charge is -2.43. The van der Waals surface area contributed by atoms with E-state index in [2.05, 4.69) is 58.5 Å². The summed E-state index contributed by atoms with van der Waals surface area (Å²) in [4.78, 5) is 33.8. The Bertz CT molecular complexity index is 2120. The van der Waals surface area contributed by atoms with E-state index in [1.807, 2.05) is 49.9 Å². The molecule has 0 atom stereocenters. The Balaban J connectivity index is 0.998. The van der Waals surface area contributed by atoms with Gasteiger partial charge in [-0.1, -0.05) is 18.2 Å². The minimum atomic E-state index is -2.70. The zero-order valence-corrected chi connectivity index (χ0v) is 35.0. The lowest BCUT2D eigenvalue weighted by molar-refractivity contribution is 0.00901. The number of fused-ring (bicyclic) bond motifs is 1. The third-order valence-electron chi connectivity index (χ3n) is 10.8. The molecule has 2 aromatic heterocycles. The van der Waals surface area contributed by atoms with Crippen LogP contribution in [0, 0.1) is 0 Å². The molecule has 14 heteroatoms. The largest absolute Gasteiger partial charge is 0.488 e. The summed E-state index contributed by atoms with van der Waals surface area (Å²) >= 11 is 3.63. The zero-order chi connectivity index (χ0) is 38.5. The standard InChI is InChI=1S/C41H52BrN8O4P/c1-41(2,3)54-40(51)50-20-18-48(19-21-50)27-14-16-49(17-15-27)35-23-36(53-28-12-13-28)33(22-30(35)26-10-11-26)46-39-44-24-31(42)38(47-39)45-34-25-43-32-9-7-6-8-29(32)37(34)55(4,5)52/h6-9,22-28H,10-21H2,1-5H3,(H2,44,45,46,47). The summed E-state index contributed by atoms with van der Waals surface area (Å²) in [5.41, 5.74) is 4.46. The summed E-state index contributed by atoms with van der Waals surface area (Å²) in [6, 6.07) is 12.8. The molecule has 2 N–H and O–H groups in total. The van der Waals surface area contributed by atoms with Gasteiger partial charge in [-0.05, 0) is 112 Å². The van der Waals surface area contributed by atoms with Crippen molar-refractivity contribution < 1.29 is 18.8 Å². The maximum absolute atomic E-state index is 13.6. The number of aromatic nitrogens is 3. The number of nitrogens with zero attached hydrogens (tertiary/aromatic N) is 6. The van der Waals surface area contributed by atoms with E-state index < -0.39 is 12.7 Å². The molecule has 2 aliphatic carbocycles. The third kappa shape index (κ3) is 8.89. The summed E-state index contributed by atoms with van der Waals surface area (Å²) < 4.78 is 26.5. The minimum Gasteiger partial charge on any atom is -0.488 e. The molecular formula is C41H52BrN8O4P. The van der Waals surface area contributed by atoms with Gasteiger partial charge >= 0.3 is 6.09 Å². The summed E-state index contributed by atoms with van der Waals surface area (Å²) in [6.45, 7) is 14.4. The Morgan fingerprint density at radius 2 is 1.62 bits per heavy atom. The van der Waals surface area contributed by atoms with E-state index in [1.54, 1.807) is 25.7 Å². The monoisotopic (exact) mass is 830 g/mol. The molecule has 292 valence electrons. The smallest absolute Gasteiger partial charge is 0.410 e. The van der Waals surface area contributed by atoms with Crippen molar-refractivity contribution in [2.45, 2.75) is 83.0 Å². The Morgan fingerprint density at radius 1 is 0.891 bits per heavy atom. The van der Waals surface area contributed by atoms with E-state index in [-0.39, 0.29) is 12.2 Å². The average molecular weight is 832 g/mol. The molecule has 0 unspecified atom stereocenters. The van der Waals surface area contributed by atoms with Gasteiger partial charge in [0.2, 0.25) is 5.95 Å². The molecule has 4 aromatic rings. The van der Waals surface area contributed by atoms with Crippen LogP contribution in [-0.2, 0) is 9.30 Å². The number of rotatable bonds is 10. The first-order chi connectivity index (χ1) is 26.3. The summed E-state index contributed by atoms with van der Waals surface area (Å²) in [5.74, 6) is 2.31. The first-order valence-electron chi connectivity index (χ1n) is 19.6. The number of anilines is 5. The number of carbonyl (C=O) groups excluding carboxylic acids is 1. The highest BCUT2D eigenvalue weighted by atomic mass is 79.9. The van der Waals surface area contributed by atoms with Crippen LogP contribution in [0.5, 0.6) is 5.75 Å². The number of benzene rings is 2. The maximum Gasteiger partial charge on any atom is 0.410 e. The number of amides is 1. The third-order valence-corrected chi connectivity index (χ3v) is 12.9. The van der Waals surface area contributed by atoms with Crippen LogP contribution in [-0.4, -0.2) is 101 Å². The quantitative estimate of drug-likeness (QED) is 0.150. The van der Waals surface area contributed by atoms with E-state index in [0.29, 0.717) is 47.0 Å². The van der Waals surface area contributed by atoms with Crippen molar-refractivity contribution in [1.82, 2.24) is 24.8 Å². The number of piperidine rings is 1. The van der Waals surface area contributed by atoms with Crippen LogP contribution in [0.3, 0.4) is 0 Å². The van der Waals surface area contributed by atoms with E-state index in [9.17, 15) is 9.36 Å². The molecule has 0 bridgehead atoms. The van der Waals surface area contributed by atoms with Gasteiger partial charge in [-0.2, -0.15) is 4.98 Å². The van der Waals surface area contributed by atoms with E-state index >= 15 is 0 Å². The van der Waals surface area contributed by atoms with Crippen molar-refractivity contribution in [2.24, 2.45) is 0 Å². The van der Waals surface area contributed by atoms with Crippen LogP contribution < -0.4 is 25.6 Å². The van der Waals surface area contributed by atoms with Gasteiger partial charge in [0.1, 0.15) is 24.3 Å². The Hall–Kier alpha value is -3.93. The van der Waals surface area contributed by atoms with E-state index in [4.69, 9.17) is 14.5 Å². The van der Waals surface area contributed by atoms with Gasteiger partial charge < -0.3 is 34.5 Å². The summed E-state index contributed by atoms with van der Waals surface area (Å²) in [6.07, 6.45) is 10.1. The average Bonchev–Trinajstić information content (AvgIpc) is 4.09. The SMILES string of the molecule is CC(C)(C)OC(=O)N1CCN(C2CCN(c3cc(OC4CC4)c(Nc4ncc(Br)c(Nc5cnc6ccccc6c5P(C)(C)=O)n4)cc3C3CC3)CC2)CC1. The molecule has 4 fully saturated rings. The zero-order valence-electron chi connectivity index (χ0n) is 32.5. The van der Waals surface area contributed by atoms with Gasteiger partial charge in [0, 0.05) is 74.0 Å². The highest BCUT2D eigenvalue weighted by Crippen LogP contribution is 2.49. The number of hydrogen-bond acceptors (Lipinski definition) is 11. The predicted octanol–water partition coefficient (Wildman–Crippen LogP) is 8.46. The first-order valence-corrected chi connectivity index (χ1v) is 23.0.